The van der Waals surface area contributed by atoms with Crippen molar-refractivity contribution in [1.82, 2.24) is 0 Å². The van der Waals surface area contributed by atoms with Crippen LogP contribution in [0.5, 0.6) is 11.5 Å². The highest BCUT2D eigenvalue weighted by Gasteiger charge is 2.05. The van der Waals surface area contributed by atoms with Crippen LogP contribution in [0.2, 0.25) is 5.02 Å². The average Bonchev–Trinajstić information content (AvgIpc) is 2.37. The summed E-state index contributed by atoms with van der Waals surface area (Å²) in [7, 11) is 0. The third-order valence-electron chi connectivity index (χ3n) is 2.80. The van der Waals surface area contributed by atoms with E-state index in [4.69, 9.17) is 16.3 Å². The average molecular weight is 274 g/mol. The van der Waals surface area contributed by atoms with Crippen LogP contribution in [0.1, 0.15) is 11.1 Å². The molecule has 3 nitrogen and oxygen atoms in total. The largest absolute Gasteiger partial charge is 0.456 e. The second kappa shape index (κ2) is 5.70. The molecule has 0 radical (unpaired) electrons. The van der Waals surface area contributed by atoms with Crippen LogP contribution in [0.15, 0.2) is 41.4 Å². The van der Waals surface area contributed by atoms with Crippen molar-refractivity contribution in [3.8, 4) is 11.5 Å². The van der Waals surface area contributed by atoms with E-state index in [2.05, 4.69) is 4.99 Å². The van der Waals surface area contributed by atoms with Gasteiger partial charge in [0.05, 0.1) is 10.7 Å². The molecule has 0 spiro atoms. The molecule has 96 valence electrons. The third kappa shape index (κ3) is 3.22. The molecule has 19 heavy (non-hydrogen) atoms. The van der Waals surface area contributed by atoms with Crippen molar-refractivity contribution >= 4 is 23.4 Å². The number of hydrogen-bond acceptors (Lipinski definition) is 3. The minimum Gasteiger partial charge on any atom is -0.456 e. The number of halogens is 1. The number of aliphatic imine (C=N–C) groups is 1. The monoisotopic (exact) mass is 273 g/mol. The Morgan fingerprint density at radius 1 is 1.11 bits per heavy atom. The molecule has 0 N–H and O–H groups in total. The van der Waals surface area contributed by atoms with Gasteiger partial charge >= 0.3 is 0 Å². The molecule has 2 aromatic carbocycles. The Labute approximate surface area is 116 Å². The minimum atomic E-state index is 0.398. The first-order chi connectivity index (χ1) is 9.10. The molecule has 0 aromatic heterocycles. The van der Waals surface area contributed by atoms with E-state index in [1.54, 1.807) is 18.2 Å². The SMILES string of the molecule is Cc1ccc(Oc2ccc(N=C=O)cc2Cl)cc1C. The first-order valence-corrected chi connectivity index (χ1v) is 6.10. The van der Waals surface area contributed by atoms with Gasteiger partial charge in [-0.15, -0.1) is 0 Å². The molecule has 0 aliphatic carbocycles. The smallest absolute Gasteiger partial charge is 0.240 e. The fourth-order valence-corrected chi connectivity index (χ4v) is 1.81. The lowest BCUT2D eigenvalue weighted by Gasteiger charge is -2.09. The third-order valence-corrected chi connectivity index (χ3v) is 3.09. The summed E-state index contributed by atoms with van der Waals surface area (Å²) in [6.07, 6.45) is 1.47. The van der Waals surface area contributed by atoms with Crippen molar-refractivity contribution in [3.05, 3.63) is 52.5 Å². The lowest BCUT2D eigenvalue weighted by molar-refractivity contribution is 0.482. The second-order valence-electron chi connectivity index (χ2n) is 4.17. The molecule has 0 saturated heterocycles. The van der Waals surface area contributed by atoms with Gasteiger partial charge in [-0.1, -0.05) is 17.7 Å². The predicted molar refractivity (Wildman–Crippen MR) is 75.2 cm³/mol. The Balaban J connectivity index is 2.28. The van der Waals surface area contributed by atoms with E-state index in [0.29, 0.717) is 16.5 Å². The molecule has 4 heteroatoms. The maximum Gasteiger partial charge on any atom is 0.240 e. The Hall–Kier alpha value is -2.09. The van der Waals surface area contributed by atoms with E-state index >= 15 is 0 Å². The van der Waals surface area contributed by atoms with Gasteiger partial charge in [-0.3, -0.25) is 0 Å². The number of benzene rings is 2. The van der Waals surface area contributed by atoms with Crippen LogP contribution in [0.4, 0.5) is 5.69 Å². The molecule has 0 fully saturated rings. The number of aryl methyl sites for hydroxylation is 2. The van der Waals surface area contributed by atoms with E-state index in [-0.39, 0.29) is 0 Å². The number of hydrogen-bond donors (Lipinski definition) is 0. The summed E-state index contributed by atoms with van der Waals surface area (Å²) in [4.78, 5) is 13.7. The van der Waals surface area contributed by atoms with Crippen LogP contribution in [0.3, 0.4) is 0 Å². The lowest BCUT2D eigenvalue weighted by atomic mass is 10.1. The Morgan fingerprint density at radius 3 is 2.53 bits per heavy atom. The summed E-state index contributed by atoms with van der Waals surface area (Å²) in [5.74, 6) is 1.24. The van der Waals surface area contributed by atoms with E-state index < -0.39 is 0 Å². The first kappa shape index (κ1) is 13.3. The fourth-order valence-electron chi connectivity index (χ4n) is 1.60. The molecule has 0 atom stereocenters. The zero-order chi connectivity index (χ0) is 13.8. The molecule has 2 rings (SSSR count). The Morgan fingerprint density at radius 2 is 1.89 bits per heavy atom. The van der Waals surface area contributed by atoms with Gasteiger partial charge in [0.1, 0.15) is 11.5 Å². The molecule has 0 bridgehead atoms. The van der Waals surface area contributed by atoms with E-state index in [1.807, 2.05) is 32.0 Å². The van der Waals surface area contributed by atoms with Crippen molar-refractivity contribution in [2.75, 3.05) is 0 Å². The summed E-state index contributed by atoms with van der Waals surface area (Å²) in [5.41, 5.74) is 2.80. The normalized spacial score (nSPS) is 9.84. The van der Waals surface area contributed by atoms with Crippen molar-refractivity contribution in [3.63, 3.8) is 0 Å². The van der Waals surface area contributed by atoms with Crippen LogP contribution >= 0.6 is 11.6 Å². The number of rotatable bonds is 3. The van der Waals surface area contributed by atoms with Crippen LogP contribution in [-0.2, 0) is 4.79 Å². The number of carbonyl (C=O) groups excluding carboxylic acids is 1. The molecular formula is C15H12ClNO2. The van der Waals surface area contributed by atoms with E-state index in [9.17, 15) is 4.79 Å². The molecular weight excluding hydrogens is 262 g/mol. The summed E-state index contributed by atoms with van der Waals surface area (Å²) in [6, 6.07) is 10.7. The summed E-state index contributed by atoms with van der Waals surface area (Å²) >= 11 is 6.07. The minimum absolute atomic E-state index is 0.398. The topological polar surface area (TPSA) is 38.7 Å². The maximum atomic E-state index is 10.2. The van der Waals surface area contributed by atoms with Crippen molar-refractivity contribution in [2.45, 2.75) is 13.8 Å². The van der Waals surface area contributed by atoms with Crippen molar-refractivity contribution in [1.29, 1.82) is 0 Å². The van der Waals surface area contributed by atoms with Gasteiger partial charge in [-0.2, -0.15) is 4.99 Å². The summed E-state index contributed by atoms with van der Waals surface area (Å²) in [5, 5.41) is 0.398. The van der Waals surface area contributed by atoms with Gasteiger partial charge in [0.15, 0.2) is 0 Å². The molecule has 0 amide bonds. The maximum absolute atomic E-state index is 10.2. The summed E-state index contributed by atoms with van der Waals surface area (Å²) < 4.78 is 5.71. The van der Waals surface area contributed by atoms with Gasteiger partial charge in [0.2, 0.25) is 6.08 Å². The number of ether oxygens (including phenoxy) is 1. The number of nitrogens with zero attached hydrogens (tertiary/aromatic N) is 1. The number of isocyanates is 1. The molecule has 0 aliphatic heterocycles. The second-order valence-corrected chi connectivity index (χ2v) is 4.57. The standard InChI is InChI=1S/C15H12ClNO2/c1-10-3-5-13(7-11(10)2)19-15-6-4-12(17-9-18)8-14(15)16/h3-8H,1-2H3. The highest BCUT2D eigenvalue weighted by molar-refractivity contribution is 6.32. The zero-order valence-electron chi connectivity index (χ0n) is 10.6. The lowest BCUT2D eigenvalue weighted by Crippen LogP contribution is -1.87. The molecule has 0 unspecified atom stereocenters. The van der Waals surface area contributed by atoms with Crippen LogP contribution in [-0.4, -0.2) is 6.08 Å². The molecule has 0 aliphatic rings. The van der Waals surface area contributed by atoms with Gasteiger partial charge in [0.25, 0.3) is 0 Å². The quantitative estimate of drug-likeness (QED) is 0.600. The van der Waals surface area contributed by atoms with E-state index in [1.165, 1.54) is 11.6 Å². The van der Waals surface area contributed by atoms with Gasteiger partial charge in [0, 0.05) is 0 Å². The van der Waals surface area contributed by atoms with Gasteiger partial charge in [-0.05, 0) is 55.3 Å². The van der Waals surface area contributed by atoms with Crippen LogP contribution in [0.25, 0.3) is 0 Å². The Bertz CT molecular complexity index is 661. The fraction of sp³-hybridized carbons (Fsp3) is 0.133. The highest BCUT2D eigenvalue weighted by atomic mass is 35.5. The van der Waals surface area contributed by atoms with E-state index in [0.717, 1.165) is 11.3 Å². The predicted octanol–water partition coefficient (Wildman–Crippen LogP) is 4.72. The van der Waals surface area contributed by atoms with Gasteiger partial charge in [-0.25, -0.2) is 4.79 Å². The highest BCUT2D eigenvalue weighted by Crippen LogP contribution is 2.32. The van der Waals surface area contributed by atoms with Crippen molar-refractivity contribution < 1.29 is 9.53 Å². The Kier molecular flexibility index (Phi) is 4.00. The first-order valence-electron chi connectivity index (χ1n) is 5.72. The zero-order valence-corrected chi connectivity index (χ0v) is 11.4. The van der Waals surface area contributed by atoms with Crippen LogP contribution < -0.4 is 4.74 Å². The molecule has 0 saturated carbocycles. The summed E-state index contributed by atoms with van der Waals surface area (Å²) in [6.45, 7) is 4.06. The van der Waals surface area contributed by atoms with Gasteiger partial charge < -0.3 is 4.74 Å². The molecule has 2 aromatic rings. The molecule has 0 heterocycles. The van der Waals surface area contributed by atoms with Crippen molar-refractivity contribution in [2.24, 2.45) is 4.99 Å². The van der Waals surface area contributed by atoms with Crippen LogP contribution in [0, 0.1) is 13.8 Å².